The van der Waals surface area contributed by atoms with Crippen molar-refractivity contribution in [1.82, 2.24) is 0 Å². The Morgan fingerprint density at radius 1 is 1.32 bits per heavy atom. The first-order valence-corrected chi connectivity index (χ1v) is 6.35. The molecule has 0 bridgehead atoms. The Morgan fingerprint density at radius 3 is 2.63 bits per heavy atom. The average Bonchev–Trinajstić information content (AvgIpc) is 2.83. The lowest BCUT2D eigenvalue weighted by Gasteiger charge is -2.15. The molecule has 1 amide bonds. The Labute approximate surface area is 114 Å². The van der Waals surface area contributed by atoms with Crippen LogP contribution in [-0.2, 0) is 9.59 Å². The number of carboxylic acids is 1. The van der Waals surface area contributed by atoms with Crippen molar-refractivity contribution in [2.24, 2.45) is 11.8 Å². The van der Waals surface area contributed by atoms with E-state index in [-0.39, 0.29) is 10.9 Å². The highest BCUT2D eigenvalue weighted by Gasteiger charge is 2.37. The van der Waals surface area contributed by atoms with Crippen LogP contribution in [0.4, 0.5) is 10.1 Å². The van der Waals surface area contributed by atoms with E-state index in [4.69, 9.17) is 16.7 Å². The maximum atomic E-state index is 13.0. The van der Waals surface area contributed by atoms with Gasteiger partial charge in [-0.05, 0) is 31.0 Å². The van der Waals surface area contributed by atoms with Crippen molar-refractivity contribution in [3.63, 3.8) is 0 Å². The normalized spacial score (nSPS) is 22.2. The van der Waals surface area contributed by atoms with E-state index in [0.717, 1.165) is 12.5 Å². The zero-order valence-electron chi connectivity index (χ0n) is 10.0. The molecule has 1 aliphatic rings. The van der Waals surface area contributed by atoms with Gasteiger partial charge in [-0.25, -0.2) is 4.39 Å². The van der Waals surface area contributed by atoms with Crippen molar-refractivity contribution in [1.29, 1.82) is 0 Å². The predicted octanol–water partition coefficient (Wildman–Crippen LogP) is 2.92. The van der Waals surface area contributed by atoms with Crippen LogP contribution in [0.1, 0.15) is 19.3 Å². The fraction of sp³-hybridized carbons (Fsp3) is 0.385. The lowest BCUT2D eigenvalue weighted by molar-refractivity contribution is -0.145. The molecule has 6 heteroatoms. The minimum absolute atomic E-state index is 0.0843. The largest absolute Gasteiger partial charge is 0.481 e. The Bertz CT molecular complexity index is 521. The van der Waals surface area contributed by atoms with E-state index < -0.39 is 23.6 Å². The van der Waals surface area contributed by atoms with Crippen molar-refractivity contribution >= 4 is 29.2 Å². The first kappa shape index (κ1) is 13.8. The van der Waals surface area contributed by atoms with Crippen molar-refractivity contribution in [3.05, 3.63) is 29.0 Å². The molecule has 0 saturated heterocycles. The SMILES string of the molecule is O=C(O)[C@H]1CCC[C@H]1C(=O)Nc1ccc(F)c(Cl)c1. The van der Waals surface area contributed by atoms with Crippen LogP contribution in [0.2, 0.25) is 5.02 Å². The first-order valence-electron chi connectivity index (χ1n) is 5.98. The van der Waals surface area contributed by atoms with E-state index in [1.54, 1.807) is 0 Å². The number of hydrogen-bond acceptors (Lipinski definition) is 2. The molecule has 0 aromatic heterocycles. The van der Waals surface area contributed by atoms with Gasteiger partial charge in [-0.2, -0.15) is 0 Å². The van der Waals surface area contributed by atoms with Gasteiger partial charge in [-0.3, -0.25) is 9.59 Å². The lowest BCUT2D eigenvalue weighted by atomic mass is 9.95. The lowest BCUT2D eigenvalue weighted by Crippen LogP contribution is -2.29. The van der Waals surface area contributed by atoms with Gasteiger partial charge in [-0.15, -0.1) is 0 Å². The number of carbonyl (C=O) groups is 2. The van der Waals surface area contributed by atoms with Crippen molar-refractivity contribution < 1.29 is 19.1 Å². The van der Waals surface area contributed by atoms with Gasteiger partial charge in [0, 0.05) is 5.69 Å². The van der Waals surface area contributed by atoms with Gasteiger partial charge >= 0.3 is 5.97 Å². The number of benzene rings is 1. The molecule has 0 aliphatic heterocycles. The second-order valence-corrected chi connectivity index (χ2v) is 5.01. The van der Waals surface area contributed by atoms with Crippen molar-refractivity contribution in [2.45, 2.75) is 19.3 Å². The number of hydrogen-bond donors (Lipinski definition) is 2. The van der Waals surface area contributed by atoms with Crippen LogP contribution in [0.25, 0.3) is 0 Å². The summed E-state index contributed by atoms with van der Waals surface area (Å²) in [6, 6.07) is 3.85. The van der Waals surface area contributed by atoms with Gasteiger partial charge in [0.1, 0.15) is 5.82 Å². The minimum Gasteiger partial charge on any atom is -0.481 e. The van der Waals surface area contributed by atoms with Crippen LogP contribution >= 0.6 is 11.6 Å². The van der Waals surface area contributed by atoms with Crippen molar-refractivity contribution in [3.8, 4) is 0 Å². The highest BCUT2D eigenvalue weighted by molar-refractivity contribution is 6.31. The zero-order chi connectivity index (χ0) is 14.0. The highest BCUT2D eigenvalue weighted by atomic mass is 35.5. The summed E-state index contributed by atoms with van der Waals surface area (Å²) in [6.07, 6.45) is 1.79. The van der Waals surface area contributed by atoms with Gasteiger partial charge in [0.15, 0.2) is 0 Å². The first-order chi connectivity index (χ1) is 8.99. The molecular formula is C13H13ClFNO3. The van der Waals surface area contributed by atoms with Crippen LogP contribution in [0.3, 0.4) is 0 Å². The maximum Gasteiger partial charge on any atom is 0.307 e. The van der Waals surface area contributed by atoms with Crippen LogP contribution in [0.5, 0.6) is 0 Å². The summed E-state index contributed by atoms with van der Waals surface area (Å²) in [5.41, 5.74) is 0.368. The molecule has 1 aromatic rings. The Morgan fingerprint density at radius 2 is 2.00 bits per heavy atom. The summed E-state index contributed by atoms with van der Waals surface area (Å²) < 4.78 is 13.0. The molecule has 0 unspecified atom stereocenters. The number of amides is 1. The summed E-state index contributed by atoms with van der Waals surface area (Å²) in [6.45, 7) is 0. The standard InChI is InChI=1S/C13H13ClFNO3/c14-10-6-7(4-5-11(10)15)16-12(17)8-2-1-3-9(8)13(18)19/h4-6,8-9H,1-3H2,(H,16,17)(H,18,19)/t8-,9+/m1/s1. The number of anilines is 1. The molecule has 0 spiro atoms. The van der Waals surface area contributed by atoms with E-state index in [9.17, 15) is 14.0 Å². The van der Waals surface area contributed by atoms with Gasteiger partial charge < -0.3 is 10.4 Å². The van der Waals surface area contributed by atoms with Gasteiger partial charge in [-0.1, -0.05) is 18.0 Å². The summed E-state index contributed by atoms with van der Waals surface area (Å²) in [5.74, 6) is -3.05. The van der Waals surface area contributed by atoms with E-state index in [1.807, 2.05) is 0 Å². The number of carboxylic acid groups (broad SMARTS) is 1. The third kappa shape index (κ3) is 3.04. The molecule has 2 N–H and O–H groups in total. The molecule has 0 radical (unpaired) electrons. The summed E-state index contributed by atoms with van der Waals surface area (Å²) in [7, 11) is 0. The third-order valence-electron chi connectivity index (χ3n) is 3.36. The maximum absolute atomic E-state index is 13.0. The molecule has 19 heavy (non-hydrogen) atoms. The van der Waals surface area contributed by atoms with Gasteiger partial charge in [0.2, 0.25) is 5.91 Å². The molecule has 1 aliphatic carbocycles. The Hall–Kier alpha value is -1.62. The molecule has 2 atom stereocenters. The topological polar surface area (TPSA) is 66.4 Å². The van der Waals surface area contributed by atoms with E-state index in [0.29, 0.717) is 18.5 Å². The van der Waals surface area contributed by atoms with Gasteiger partial charge in [0.25, 0.3) is 0 Å². The second kappa shape index (κ2) is 5.57. The second-order valence-electron chi connectivity index (χ2n) is 4.60. The van der Waals surface area contributed by atoms with E-state index >= 15 is 0 Å². The summed E-state index contributed by atoms with van der Waals surface area (Å²) in [5, 5.41) is 11.5. The molecule has 102 valence electrons. The highest BCUT2D eigenvalue weighted by Crippen LogP contribution is 2.33. The number of halogens is 2. The van der Waals surface area contributed by atoms with Crippen LogP contribution in [-0.4, -0.2) is 17.0 Å². The molecule has 1 saturated carbocycles. The number of rotatable bonds is 3. The molecule has 2 rings (SSSR count). The third-order valence-corrected chi connectivity index (χ3v) is 3.65. The van der Waals surface area contributed by atoms with Crippen LogP contribution in [0.15, 0.2) is 18.2 Å². The van der Waals surface area contributed by atoms with E-state index in [1.165, 1.54) is 12.1 Å². The number of aliphatic carboxylic acids is 1. The smallest absolute Gasteiger partial charge is 0.307 e. The Kier molecular flexibility index (Phi) is 4.04. The van der Waals surface area contributed by atoms with Crippen LogP contribution in [0, 0.1) is 17.7 Å². The average molecular weight is 286 g/mol. The monoisotopic (exact) mass is 285 g/mol. The molecule has 1 fully saturated rings. The van der Waals surface area contributed by atoms with Crippen molar-refractivity contribution in [2.75, 3.05) is 5.32 Å². The van der Waals surface area contributed by atoms with E-state index in [2.05, 4.69) is 5.32 Å². The zero-order valence-corrected chi connectivity index (χ0v) is 10.8. The fourth-order valence-electron chi connectivity index (χ4n) is 2.38. The van der Waals surface area contributed by atoms with Crippen LogP contribution < -0.4 is 5.32 Å². The van der Waals surface area contributed by atoms with Gasteiger partial charge in [0.05, 0.1) is 16.9 Å². The molecule has 4 nitrogen and oxygen atoms in total. The molecule has 0 heterocycles. The quantitative estimate of drug-likeness (QED) is 0.897. The fourth-order valence-corrected chi connectivity index (χ4v) is 2.56. The molecular weight excluding hydrogens is 273 g/mol. The number of carbonyl (C=O) groups excluding carboxylic acids is 1. The minimum atomic E-state index is -0.949. The number of nitrogens with one attached hydrogen (secondary N) is 1. The summed E-state index contributed by atoms with van der Waals surface area (Å²) in [4.78, 5) is 23.0. The Balaban J connectivity index is 2.08. The predicted molar refractivity (Wildman–Crippen MR) is 68.5 cm³/mol. The summed E-state index contributed by atoms with van der Waals surface area (Å²) >= 11 is 5.62. The molecule has 1 aromatic carbocycles.